The van der Waals surface area contributed by atoms with Crippen LogP contribution in [0.25, 0.3) is 0 Å². The Bertz CT molecular complexity index is 306. The second kappa shape index (κ2) is 5.32. The summed E-state index contributed by atoms with van der Waals surface area (Å²) >= 11 is 0. The van der Waals surface area contributed by atoms with E-state index in [1.54, 1.807) is 0 Å². The molecule has 15 heavy (non-hydrogen) atoms. The Morgan fingerprint density at radius 2 is 1.93 bits per heavy atom. The SMILES string of the molecule is CCCC(C)(CN)Cc1ccccc1C. The number of rotatable bonds is 5. The minimum Gasteiger partial charge on any atom is -0.330 e. The third-order valence-electron chi connectivity index (χ3n) is 3.22. The molecule has 0 bridgehead atoms. The van der Waals surface area contributed by atoms with Gasteiger partial charge in [0.25, 0.3) is 0 Å². The summed E-state index contributed by atoms with van der Waals surface area (Å²) in [5, 5.41) is 0. The highest BCUT2D eigenvalue weighted by atomic mass is 14.6. The third kappa shape index (κ3) is 3.35. The number of hydrogen-bond acceptors (Lipinski definition) is 1. The van der Waals surface area contributed by atoms with Crippen molar-refractivity contribution in [1.29, 1.82) is 0 Å². The molecule has 0 saturated heterocycles. The van der Waals surface area contributed by atoms with Gasteiger partial charge in [0.2, 0.25) is 0 Å². The van der Waals surface area contributed by atoms with Crippen LogP contribution >= 0.6 is 0 Å². The largest absolute Gasteiger partial charge is 0.330 e. The summed E-state index contributed by atoms with van der Waals surface area (Å²) in [5.74, 6) is 0. The molecule has 1 unspecified atom stereocenters. The first-order chi connectivity index (χ1) is 7.11. The molecule has 0 amide bonds. The molecule has 1 atom stereocenters. The summed E-state index contributed by atoms with van der Waals surface area (Å²) in [5.41, 5.74) is 8.98. The Morgan fingerprint density at radius 1 is 1.27 bits per heavy atom. The van der Waals surface area contributed by atoms with Gasteiger partial charge in [0.1, 0.15) is 0 Å². The van der Waals surface area contributed by atoms with Crippen LogP contribution in [-0.4, -0.2) is 6.54 Å². The molecule has 0 fully saturated rings. The van der Waals surface area contributed by atoms with Crippen LogP contribution in [0.2, 0.25) is 0 Å². The van der Waals surface area contributed by atoms with Crippen LogP contribution < -0.4 is 5.73 Å². The average molecular weight is 205 g/mol. The molecule has 1 heteroatoms. The average Bonchev–Trinajstić information content (AvgIpc) is 2.22. The summed E-state index contributed by atoms with van der Waals surface area (Å²) in [4.78, 5) is 0. The molecule has 2 N–H and O–H groups in total. The highest BCUT2D eigenvalue weighted by Crippen LogP contribution is 2.28. The summed E-state index contributed by atoms with van der Waals surface area (Å²) < 4.78 is 0. The van der Waals surface area contributed by atoms with E-state index in [0.717, 1.165) is 13.0 Å². The fourth-order valence-electron chi connectivity index (χ4n) is 2.13. The Morgan fingerprint density at radius 3 is 2.47 bits per heavy atom. The summed E-state index contributed by atoms with van der Waals surface area (Å²) in [6, 6.07) is 8.61. The predicted molar refractivity (Wildman–Crippen MR) is 67.0 cm³/mol. The predicted octanol–water partition coefficient (Wildman–Crippen LogP) is 3.30. The summed E-state index contributed by atoms with van der Waals surface area (Å²) in [7, 11) is 0. The van der Waals surface area contributed by atoms with Crippen LogP contribution in [0.1, 0.15) is 37.8 Å². The van der Waals surface area contributed by atoms with Gasteiger partial charge in [0.05, 0.1) is 0 Å². The maximum atomic E-state index is 5.89. The summed E-state index contributed by atoms with van der Waals surface area (Å²) in [6.45, 7) is 7.47. The van der Waals surface area contributed by atoms with Gasteiger partial charge in [-0.2, -0.15) is 0 Å². The third-order valence-corrected chi connectivity index (χ3v) is 3.22. The smallest absolute Gasteiger partial charge is 0.00200 e. The number of hydrogen-bond donors (Lipinski definition) is 1. The molecule has 1 rings (SSSR count). The molecule has 1 nitrogen and oxygen atoms in total. The first-order valence-electron chi connectivity index (χ1n) is 5.86. The van der Waals surface area contributed by atoms with E-state index >= 15 is 0 Å². The zero-order chi connectivity index (χ0) is 11.3. The van der Waals surface area contributed by atoms with Crippen LogP contribution in [-0.2, 0) is 6.42 Å². The lowest BCUT2D eigenvalue weighted by molar-refractivity contribution is 0.302. The quantitative estimate of drug-likeness (QED) is 0.784. The van der Waals surface area contributed by atoms with E-state index in [0.29, 0.717) is 0 Å². The van der Waals surface area contributed by atoms with Crippen molar-refractivity contribution in [2.75, 3.05) is 6.54 Å². The van der Waals surface area contributed by atoms with Gasteiger partial charge in [-0.05, 0) is 42.9 Å². The van der Waals surface area contributed by atoms with Crippen molar-refractivity contribution in [3.05, 3.63) is 35.4 Å². The Kier molecular flexibility index (Phi) is 4.34. The topological polar surface area (TPSA) is 26.0 Å². The van der Waals surface area contributed by atoms with Crippen molar-refractivity contribution in [3.63, 3.8) is 0 Å². The fourth-order valence-corrected chi connectivity index (χ4v) is 2.13. The minimum absolute atomic E-state index is 0.265. The van der Waals surface area contributed by atoms with Crippen LogP contribution in [0.3, 0.4) is 0 Å². The Balaban J connectivity index is 2.79. The standard InChI is InChI=1S/C14H23N/c1-4-9-14(3,11-15)10-13-8-6-5-7-12(13)2/h5-8H,4,9-11,15H2,1-3H3. The fraction of sp³-hybridized carbons (Fsp3) is 0.571. The van der Waals surface area contributed by atoms with Gasteiger partial charge < -0.3 is 5.73 Å². The van der Waals surface area contributed by atoms with E-state index in [-0.39, 0.29) is 5.41 Å². The van der Waals surface area contributed by atoms with Gasteiger partial charge in [-0.3, -0.25) is 0 Å². The Labute approximate surface area is 93.7 Å². The molecule has 1 aromatic carbocycles. The lowest BCUT2D eigenvalue weighted by Crippen LogP contribution is -2.29. The molecule has 0 saturated carbocycles. The number of benzene rings is 1. The van der Waals surface area contributed by atoms with E-state index in [1.165, 1.54) is 24.0 Å². The van der Waals surface area contributed by atoms with Gasteiger partial charge >= 0.3 is 0 Å². The van der Waals surface area contributed by atoms with Crippen molar-refractivity contribution in [2.24, 2.45) is 11.1 Å². The first-order valence-corrected chi connectivity index (χ1v) is 5.86. The van der Waals surface area contributed by atoms with Crippen LogP contribution in [0.5, 0.6) is 0 Å². The van der Waals surface area contributed by atoms with Gasteiger partial charge in [-0.1, -0.05) is 44.5 Å². The zero-order valence-electron chi connectivity index (χ0n) is 10.2. The van der Waals surface area contributed by atoms with Gasteiger partial charge in [0, 0.05) is 0 Å². The van der Waals surface area contributed by atoms with Gasteiger partial charge in [-0.15, -0.1) is 0 Å². The highest BCUT2D eigenvalue weighted by Gasteiger charge is 2.22. The molecular formula is C14H23N. The van der Waals surface area contributed by atoms with Crippen molar-refractivity contribution in [2.45, 2.75) is 40.0 Å². The van der Waals surface area contributed by atoms with E-state index in [2.05, 4.69) is 45.0 Å². The number of aryl methyl sites for hydroxylation is 1. The van der Waals surface area contributed by atoms with Crippen molar-refractivity contribution >= 4 is 0 Å². The van der Waals surface area contributed by atoms with Crippen molar-refractivity contribution < 1.29 is 0 Å². The minimum atomic E-state index is 0.265. The lowest BCUT2D eigenvalue weighted by Gasteiger charge is -2.28. The molecule has 0 aliphatic carbocycles. The molecule has 84 valence electrons. The molecule has 0 spiro atoms. The second-order valence-corrected chi connectivity index (χ2v) is 4.87. The molecular weight excluding hydrogens is 182 g/mol. The second-order valence-electron chi connectivity index (χ2n) is 4.87. The molecule has 0 aliphatic heterocycles. The van der Waals surface area contributed by atoms with E-state index < -0.39 is 0 Å². The summed E-state index contributed by atoms with van der Waals surface area (Å²) in [6.07, 6.45) is 3.52. The van der Waals surface area contributed by atoms with E-state index in [4.69, 9.17) is 5.73 Å². The maximum absolute atomic E-state index is 5.89. The first kappa shape index (κ1) is 12.3. The number of nitrogens with two attached hydrogens (primary N) is 1. The van der Waals surface area contributed by atoms with Crippen molar-refractivity contribution in [1.82, 2.24) is 0 Å². The van der Waals surface area contributed by atoms with Gasteiger partial charge in [-0.25, -0.2) is 0 Å². The Hall–Kier alpha value is -0.820. The van der Waals surface area contributed by atoms with E-state index in [1.807, 2.05) is 0 Å². The molecule has 1 aromatic rings. The maximum Gasteiger partial charge on any atom is -0.00200 e. The lowest BCUT2D eigenvalue weighted by atomic mass is 9.79. The van der Waals surface area contributed by atoms with Crippen LogP contribution in [0.15, 0.2) is 24.3 Å². The molecule has 0 aliphatic rings. The van der Waals surface area contributed by atoms with Crippen LogP contribution in [0, 0.1) is 12.3 Å². The molecule has 0 radical (unpaired) electrons. The van der Waals surface area contributed by atoms with Gasteiger partial charge in [0.15, 0.2) is 0 Å². The van der Waals surface area contributed by atoms with E-state index in [9.17, 15) is 0 Å². The molecule has 0 heterocycles. The normalized spacial score (nSPS) is 14.9. The van der Waals surface area contributed by atoms with Crippen molar-refractivity contribution in [3.8, 4) is 0 Å². The molecule has 0 aromatic heterocycles. The monoisotopic (exact) mass is 205 g/mol. The zero-order valence-corrected chi connectivity index (χ0v) is 10.2. The highest BCUT2D eigenvalue weighted by molar-refractivity contribution is 5.26. The van der Waals surface area contributed by atoms with Crippen LogP contribution in [0.4, 0.5) is 0 Å².